The average molecular weight is 219 g/mol. The fourth-order valence-electron chi connectivity index (χ4n) is 1.94. The van der Waals surface area contributed by atoms with E-state index in [9.17, 15) is 9.60 Å². The Kier molecular flexibility index (Phi) is 2.77. The predicted octanol–water partition coefficient (Wildman–Crippen LogP) is 3.13. The zero-order chi connectivity index (χ0) is 11.7. The first-order valence-electron chi connectivity index (χ1n) is 5.45. The van der Waals surface area contributed by atoms with Gasteiger partial charge in [0.1, 0.15) is 0 Å². The van der Waals surface area contributed by atoms with Crippen molar-refractivity contribution in [3.8, 4) is 0 Å². The molecule has 0 amide bonds. The van der Waals surface area contributed by atoms with Gasteiger partial charge >= 0.3 is 5.95 Å². The van der Waals surface area contributed by atoms with Gasteiger partial charge < -0.3 is 5.21 Å². The number of hydrogen-bond acceptors (Lipinski definition) is 1. The lowest BCUT2D eigenvalue weighted by Gasteiger charge is -2.12. The van der Waals surface area contributed by atoms with E-state index in [0.29, 0.717) is 10.3 Å². The summed E-state index contributed by atoms with van der Waals surface area (Å²) in [5.74, 6) is -0.626. The Balaban J connectivity index is 2.81. The highest BCUT2D eigenvalue weighted by Gasteiger charge is 2.20. The van der Waals surface area contributed by atoms with Gasteiger partial charge in [-0.05, 0) is 18.4 Å². The molecule has 0 fully saturated rings. The van der Waals surface area contributed by atoms with Crippen LogP contribution in [0.1, 0.15) is 31.7 Å². The van der Waals surface area contributed by atoms with Gasteiger partial charge in [-0.25, -0.2) is 0 Å². The number of aromatic nitrogens is 1. The van der Waals surface area contributed by atoms with Gasteiger partial charge in [0.05, 0.1) is 5.56 Å². The van der Waals surface area contributed by atoms with E-state index in [1.165, 1.54) is 6.20 Å². The van der Waals surface area contributed by atoms with Crippen LogP contribution >= 0.6 is 0 Å². The van der Waals surface area contributed by atoms with Crippen molar-refractivity contribution in [1.29, 1.82) is 0 Å². The molecule has 2 nitrogen and oxygen atoms in total. The largest absolute Gasteiger partial charge is 0.617 e. The highest BCUT2D eigenvalue weighted by molar-refractivity contribution is 5.84. The van der Waals surface area contributed by atoms with Crippen molar-refractivity contribution < 1.29 is 9.12 Å². The first-order valence-corrected chi connectivity index (χ1v) is 5.45. The van der Waals surface area contributed by atoms with Crippen LogP contribution in [0.4, 0.5) is 4.39 Å². The van der Waals surface area contributed by atoms with Crippen LogP contribution in [-0.2, 0) is 0 Å². The van der Waals surface area contributed by atoms with Gasteiger partial charge in [-0.3, -0.25) is 0 Å². The van der Waals surface area contributed by atoms with Crippen molar-refractivity contribution in [2.45, 2.75) is 26.2 Å². The van der Waals surface area contributed by atoms with Crippen LogP contribution in [0.3, 0.4) is 0 Å². The molecule has 0 spiro atoms. The summed E-state index contributed by atoms with van der Waals surface area (Å²) in [6.07, 6.45) is 2.10. The normalized spacial score (nSPS) is 12.9. The maximum Gasteiger partial charge on any atom is 0.375 e. The predicted molar refractivity (Wildman–Crippen MR) is 61.6 cm³/mol. The third-order valence-electron chi connectivity index (χ3n) is 3.03. The van der Waals surface area contributed by atoms with E-state index in [-0.39, 0.29) is 5.92 Å². The second-order valence-corrected chi connectivity index (χ2v) is 4.06. The minimum absolute atomic E-state index is 0.0475. The van der Waals surface area contributed by atoms with E-state index in [2.05, 4.69) is 0 Å². The van der Waals surface area contributed by atoms with Crippen LogP contribution in [-0.4, -0.2) is 0 Å². The average Bonchev–Trinajstić information content (AvgIpc) is 2.30. The number of benzene rings is 1. The fraction of sp³-hybridized carbons (Fsp3) is 0.308. The molecule has 0 aliphatic heterocycles. The second kappa shape index (κ2) is 4.08. The molecule has 16 heavy (non-hydrogen) atoms. The van der Waals surface area contributed by atoms with Crippen LogP contribution in [0.25, 0.3) is 10.8 Å². The molecule has 0 saturated carbocycles. The molecule has 3 heteroatoms. The third kappa shape index (κ3) is 1.62. The number of halogens is 1. The van der Waals surface area contributed by atoms with E-state index >= 15 is 0 Å². The minimum atomic E-state index is -0.673. The molecule has 0 saturated heterocycles. The number of nitrogens with zero attached hydrogens (tertiary/aromatic N) is 1. The van der Waals surface area contributed by atoms with Gasteiger partial charge in [-0.15, -0.1) is 9.12 Å². The standard InChI is InChI=1S/C13H14FNO/c1-3-9(2)12-11-7-5-4-6-10(11)8-15(16)13(12)14/h4-9H,3H2,1-2H3. The Labute approximate surface area is 93.9 Å². The lowest BCUT2D eigenvalue weighted by atomic mass is 9.95. The van der Waals surface area contributed by atoms with E-state index < -0.39 is 5.95 Å². The van der Waals surface area contributed by atoms with Gasteiger partial charge in [0.2, 0.25) is 0 Å². The Hall–Kier alpha value is -1.64. The highest BCUT2D eigenvalue weighted by atomic mass is 19.1. The summed E-state index contributed by atoms with van der Waals surface area (Å²) in [5.41, 5.74) is 0.524. The third-order valence-corrected chi connectivity index (χ3v) is 3.03. The summed E-state index contributed by atoms with van der Waals surface area (Å²) in [5, 5.41) is 13.0. The molecule has 0 aliphatic carbocycles. The summed E-state index contributed by atoms with van der Waals surface area (Å²) in [7, 11) is 0. The quantitative estimate of drug-likeness (QED) is 0.433. The molecule has 2 aromatic rings. The summed E-state index contributed by atoms with van der Waals surface area (Å²) < 4.78 is 14.1. The van der Waals surface area contributed by atoms with Crippen LogP contribution in [0.15, 0.2) is 30.5 Å². The van der Waals surface area contributed by atoms with Crippen LogP contribution in [0.5, 0.6) is 0 Å². The van der Waals surface area contributed by atoms with Crippen LogP contribution in [0, 0.1) is 11.2 Å². The van der Waals surface area contributed by atoms with E-state index in [1.807, 2.05) is 38.1 Å². The highest BCUT2D eigenvalue weighted by Crippen LogP contribution is 2.27. The molecule has 0 N–H and O–H groups in total. The first-order chi connectivity index (χ1) is 7.65. The zero-order valence-corrected chi connectivity index (χ0v) is 9.40. The van der Waals surface area contributed by atoms with Crippen molar-refractivity contribution in [3.05, 3.63) is 47.2 Å². The number of pyridine rings is 1. The Morgan fingerprint density at radius 3 is 2.75 bits per heavy atom. The molecule has 1 heterocycles. The van der Waals surface area contributed by atoms with Crippen molar-refractivity contribution in [2.75, 3.05) is 0 Å². The van der Waals surface area contributed by atoms with E-state index in [1.54, 1.807) is 0 Å². The Bertz CT molecular complexity index is 525. The van der Waals surface area contributed by atoms with Crippen molar-refractivity contribution in [3.63, 3.8) is 0 Å². The summed E-state index contributed by atoms with van der Waals surface area (Å²) in [6.45, 7) is 3.92. The van der Waals surface area contributed by atoms with Crippen molar-refractivity contribution in [2.24, 2.45) is 0 Å². The van der Waals surface area contributed by atoms with Crippen molar-refractivity contribution >= 4 is 10.8 Å². The zero-order valence-electron chi connectivity index (χ0n) is 9.40. The van der Waals surface area contributed by atoms with Crippen LogP contribution in [0.2, 0.25) is 0 Å². The Morgan fingerprint density at radius 2 is 2.06 bits per heavy atom. The number of hydrogen-bond donors (Lipinski definition) is 0. The molecular weight excluding hydrogens is 205 g/mol. The molecule has 1 aromatic heterocycles. The summed E-state index contributed by atoms with van der Waals surface area (Å²) in [4.78, 5) is 0. The topological polar surface area (TPSA) is 26.9 Å². The molecule has 0 bridgehead atoms. The molecule has 1 aromatic carbocycles. The molecule has 0 aliphatic rings. The molecule has 1 unspecified atom stereocenters. The lowest BCUT2D eigenvalue weighted by Crippen LogP contribution is -2.32. The smallest absolute Gasteiger partial charge is 0.375 e. The van der Waals surface area contributed by atoms with E-state index in [4.69, 9.17) is 0 Å². The molecule has 84 valence electrons. The van der Waals surface area contributed by atoms with Gasteiger partial charge in [0, 0.05) is 10.8 Å². The van der Waals surface area contributed by atoms with Gasteiger partial charge in [0.25, 0.3) is 0 Å². The fourth-order valence-corrected chi connectivity index (χ4v) is 1.94. The minimum Gasteiger partial charge on any atom is -0.617 e. The molecule has 1 atom stereocenters. The summed E-state index contributed by atoms with van der Waals surface area (Å²) >= 11 is 0. The Morgan fingerprint density at radius 1 is 1.38 bits per heavy atom. The number of rotatable bonds is 2. The molecule has 0 radical (unpaired) electrons. The summed E-state index contributed by atoms with van der Waals surface area (Å²) in [6, 6.07) is 7.40. The van der Waals surface area contributed by atoms with Crippen molar-refractivity contribution in [1.82, 2.24) is 0 Å². The van der Waals surface area contributed by atoms with Gasteiger partial charge in [-0.2, -0.15) is 0 Å². The van der Waals surface area contributed by atoms with Gasteiger partial charge in [-0.1, -0.05) is 32.0 Å². The SMILES string of the molecule is CCC(C)c1c(F)[n+]([O-])cc2ccccc12. The van der Waals surface area contributed by atoms with Gasteiger partial charge in [0.15, 0.2) is 6.20 Å². The second-order valence-electron chi connectivity index (χ2n) is 4.06. The van der Waals surface area contributed by atoms with Crippen LogP contribution < -0.4 is 4.73 Å². The monoisotopic (exact) mass is 219 g/mol. The van der Waals surface area contributed by atoms with E-state index in [0.717, 1.165) is 17.2 Å². The lowest BCUT2D eigenvalue weighted by molar-refractivity contribution is -0.636. The maximum absolute atomic E-state index is 13.8. The molecule has 2 rings (SSSR count). The maximum atomic E-state index is 13.8. The number of fused-ring (bicyclic) bond motifs is 1. The molecular formula is C13H14FNO. The first kappa shape index (κ1) is 10.9.